The number of amides is 1. The zero-order chi connectivity index (χ0) is 16.9. The summed E-state index contributed by atoms with van der Waals surface area (Å²) in [6.07, 6.45) is 4.05. The predicted octanol–water partition coefficient (Wildman–Crippen LogP) is 2.46. The second kappa shape index (κ2) is 8.13. The standard InChI is InChI=1S/C16H23N5OS2/c1-2-23-15-6-5-14(24-15)16(22)20-7-3-4-12(9-20)10-21-11-13(8-17)18-19-21/h5-6,11-12H,2-4,7-10,17H2,1H3. The molecule has 1 aliphatic heterocycles. The minimum atomic E-state index is 0.161. The molecule has 8 heteroatoms. The predicted molar refractivity (Wildman–Crippen MR) is 97.3 cm³/mol. The molecule has 2 aromatic rings. The summed E-state index contributed by atoms with van der Waals surface area (Å²) in [5.41, 5.74) is 6.38. The van der Waals surface area contributed by atoms with Crippen LogP contribution in [0.3, 0.4) is 0 Å². The van der Waals surface area contributed by atoms with E-state index in [1.807, 2.05) is 21.8 Å². The molecule has 6 nitrogen and oxygen atoms in total. The Bertz CT molecular complexity index is 684. The van der Waals surface area contributed by atoms with E-state index in [0.717, 1.165) is 48.8 Å². The van der Waals surface area contributed by atoms with Crippen LogP contribution in [0.5, 0.6) is 0 Å². The van der Waals surface area contributed by atoms with Crippen molar-refractivity contribution in [3.05, 3.63) is 28.9 Å². The summed E-state index contributed by atoms with van der Waals surface area (Å²) in [6.45, 7) is 4.95. The smallest absolute Gasteiger partial charge is 0.263 e. The lowest BCUT2D eigenvalue weighted by molar-refractivity contribution is 0.0664. The molecule has 3 rings (SSSR count). The first-order chi connectivity index (χ1) is 11.7. The highest BCUT2D eigenvalue weighted by Crippen LogP contribution is 2.29. The van der Waals surface area contributed by atoms with E-state index in [1.165, 1.54) is 4.21 Å². The second-order valence-electron chi connectivity index (χ2n) is 5.95. The van der Waals surface area contributed by atoms with Gasteiger partial charge in [0.05, 0.1) is 14.8 Å². The number of carbonyl (C=O) groups is 1. The van der Waals surface area contributed by atoms with Gasteiger partial charge in [0.1, 0.15) is 0 Å². The van der Waals surface area contributed by atoms with Crippen LogP contribution in [0.1, 0.15) is 35.1 Å². The van der Waals surface area contributed by atoms with Crippen LogP contribution in [0.15, 0.2) is 22.5 Å². The molecule has 2 N–H and O–H groups in total. The number of aromatic nitrogens is 3. The fourth-order valence-electron chi connectivity index (χ4n) is 3.00. The Balaban J connectivity index is 1.60. The minimum Gasteiger partial charge on any atom is -0.338 e. The molecule has 0 spiro atoms. The molecule has 1 saturated heterocycles. The first-order valence-electron chi connectivity index (χ1n) is 8.30. The number of thioether (sulfide) groups is 1. The van der Waals surface area contributed by atoms with Gasteiger partial charge in [0, 0.05) is 32.4 Å². The lowest BCUT2D eigenvalue weighted by atomic mass is 9.98. The number of likely N-dealkylation sites (tertiary alicyclic amines) is 1. The number of nitrogens with two attached hydrogens (primary N) is 1. The van der Waals surface area contributed by atoms with Crippen LogP contribution in [-0.4, -0.2) is 44.6 Å². The van der Waals surface area contributed by atoms with Gasteiger partial charge in [-0.1, -0.05) is 12.1 Å². The maximum Gasteiger partial charge on any atom is 0.263 e. The van der Waals surface area contributed by atoms with Crippen molar-refractivity contribution in [1.82, 2.24) is 19.9 Å². The molecule has 1 atom stereocenters. The van der Waals surface area contributed by atoms with Crippen LogP contribution in [0, 0.1) is 5.92 Å². The summed E-state index contributed by atoms with van der Waals surface area (Å²) in [4.78, 5) is 15.6. The van der Waals surface area contributed by atoms with Gasteiger partial charge < -0.3 is 10.6 Å². The number of nitrogens with zero attached hydrogens (tertiary/aromatic N) is 4. The number of thiophene rings is 1. The molecule has 1 unspecified atom stereocenters. The molecule has 130 valence electrons. The third-order valence-corrected chi connectivity index (χ3v) is 6.31. The molecule has 2 aromatic heterocycles. The number of rotatable bonds is 6. The van der Waals surface area contributed by atoms with Gasteiger partial charge in [-0.05, 0) is 36.6 Å². The largest absolute Gasteiger partial charge is 0.338 e. The lowest BCUT2D eigenvalue weighted by Gasteiger charge is -2.32. The second-order valence-corrected chi connectivity index (χ2v) is 8.60. The molecule has 1 aliphatic rings. The van der Waals surface area contributed by atoms with E-state index in [1.54, 1.807) is 23.1 Å². The van der Waals surface area contributed by atoms with E-state index in [-0.39, 0.29) is 5.91 Å². The van der Waals surface area contributed by atoms with E-state index in [9.17, 15) is 4.79 Å². The maximum absolute atomic E-state index is 12.7. The van der Waals surface area contributed by atoms with Crippen molar-refractivity contribution in [3.63, 3.8) is 0 Å². The average Bonchev–Trinajstić information content (AvgIpc) is 3.24. The average molecular weight is 366 g/mol. The molecule has 1 fully saturated rings. The van der Waals surface area contributed by atoms with Gasteiger partial charge in [-0.15, -0.1) is 28.2 Å². The summed E-state index contributed by atoms with van der Waals surface area (Å²) in [5, 5.41) is 8.14. The molecule has 24 heavy (non-hydrogen) atoms. The van der Waals surface area contributed by atoms with Crippen LogP contribution < -0.4 is 5.73 Å². The molecule has 1 amide bonds. The third-order valence-electron chi connectivity index (χ3n) is 4.13. The first-order valence-corrected chi connectivity index (χ1v) is 10.1. The van der Waals surface area contributed by atoms with Crippen LogP contribution in [0.4, 0.5) is 0 Å². The van der Waals surface area contributed by atoms with E-state index in [0.29, 0.717) is 12.5 Å². The highest BCUT2D eigenvalue weighted by molar-refractivity contribution is 8.01. The Morgan fingerprint density at radius 1 is 1.50 bits per heavy atom. The van der Waals surface area contributed by atoms with E-state index in [2.05, 4.69) is 23.3 Å². The quantitative estimate of drug-likeness (QED) is 0.796. The van der Waals surface area contributed by atoms with Crippen molar-refractivity contribution in [2.45, 2.75) is 37.1 Å². The Morgan fingerprint density at radius 2 is 2.38 bits per heavy atom. The summed E-state index contributed by atoms with van der Waals surface area (Å²) in [7, 11) is 0. The summed E-state index contributed by atoms with van der Waals surface area (Å²) in [5.74, 6) is 1.61. The molecule has 0 saturated carbocycles. The van der Waals surface area contributed by atoms with E-state index >= 15 is 0 Å². The monoisotopic (exact) mass is 365 g/mol. The molecule has 0 radical (unpaired) electrons. The SMILES string of the molecule is CCSc1ccc(C(=O)N2CCCC(Cn3cc(CN)nn3)C2)s1. The number of piperidine rings is 1. The number of hydrogen-bond donors (Lipinski definition) is 1. The van der Waals surface area contributed by atoms with Crippen molar-refractivity contribution < 1.29 is 4.79 Å². The van der Waals surface area contributed by atoms with Crippen molar-refractivity contribution in [2.75, 3.05) is 18.8 Å². The summed E-state index contributed by atoms with van der Waals surface area (Å²) < 4.78 is 3.06. The van der Waals surface area contributed by atoms with Gasteiger partial charge in [0.15, 0.2) is 0 Å². The molecular formula is C16H23N5OS2. The van der Waals surface area contributed by atoms with Crippen molar-refractivity contribution in [1.29, 1.82) is 0 Å². The van der Waals surface area contributed by atoms with E-state index in [4.69, 9.17) is 5.73 Å². The van der Waals surface area contributed by atoms with Crippen molar-refractivity contribution in [2.24, 2.45) is 11.7 Å². The van der Waals surface area contributed by atoms with Crippen LogP contribution in [-0.2, 0) is 13.1 Å². The van der Waals surface area contributed by atoms with Gasteiger partial charge in [0.2, 0.25) is 0 Å². The topological polar surface area (TPSA) is 77.0 Å². The summed E-state index contributed by atoms with van der Waals surface area (Å²) in [6, 6.07) is 4.01. The lowest BCUT2D eigenvalue weighted by Crippen LogP contribution is -2.40. The fraction of sp³-hybridized carbons (Fsp3) is 0.562. The highest BCUT2D eigenvalue weighted by Gasteiger charge is 2.26. The van der Waals surface area contributed by atoms with Gasteiger partial charge in [-0.2, -0.15) is 0 Å². The molecule has 0 aromatic carbocycles. The Labute approximate surface area is 150 Å². The summed E-state index contributed by atoms with van der Waals surface area (Å²) >= 11 is 3.39. The van der Waals surface area contributed by atoms with Gasteiger partial charge >= 0.3 is 0 Å². The number of carbonyl (C=O) groups excluding carboxylic acids is 1. The Morgan fingerprint density at radius 3 is 3.12 bits per heavy atom. The van der Waals surface area contributed by atoms with Crippen molar-refractivity contribution in [3.8, 4) is 0 Å². The fourth-order valence-corrected chi connectivity index (χ4v) is 5.01. The Kier molecular flexibility index (Phi) is 5.91. The minimum absolute atomic E-state index is 0.161. The molecular weight excluding hydrogens is 342 g/mol. The zero-order valence-corrected chi connectivity index (χ0v) is 15.5. The zero-order valence-electron chi connectivity index (χ0n) is 13.9. The van der Waals surface area contributed by atoms with Crippen LogP contribution in [0.25, 0.3) is 0 Å². The molecule has 0 bridgehead atoms. The first kappa shape index (κ1) is 17.4. The maximum atomic E-state index is 12.7. The third kappa shape index (κ3) is 4.17. The van der Waals surface area contributed by atoms with Crippen LogP contribution in [0.2, 0.25) is 0 Å². The van der Waals surface area contributed by atoms with Gasteiger partial charge in [-0.25, -0.2) is 0 Å². The highest BCUT2D eigenvalue weighted by atomic mass is 32.2. The van der Waals surface area contributed by atoms with Crippen LogP contribution >= 0.6 is 23.1 Å². The van der Waals surface area contributed by atoms with E-state index < -0.39 is 0 Å². The number of hydrogen-bond acceptors (Lipinski definition) is 6. The Hall–Kier alpha value is -1.38. The molecule has 0 aliphatic carbocycles. The normalized spacial score (nSPS) is 18.1. The van der Waals surface area contributed by atoms with Gasteiger partial charge in [0.25, 0.3) is 5.91 Å². The van der Waals surface area contributed by atoms with Gasteiger partial charge in [-0.3, -0.25) is 9.48 Å². The molecule has 3 heterocycles. The van der Waals surface area contributed by atoms with Crippen molar-refractivity contribution >= 4 is 29.0 Å².